The molecule has 1 atom stereocenters. The van der Waals surface area contributed by atoms with Gasteiger partial charge < -0.3 is 14.6 Å². The Morgan fingerprint density at radius 1 is 0.245 bits per heavy atom. The Hall–Kier alpha value is -6.82. The van der Waals surface area contributed by atoms with Crippen LogP contribution in [0, 0.1) is 0 Å². The van der Waals surface area contributed by atoms with E-state index in [1.807, 2.05) is 0 Å². The van der Waals surface area contributed by atoms with Gasteiger partial charge in [-0.2, -0.15) is 0 Å². The lowest BCUT2D eigenvalue weighted by Gasteiger charge is -2.15. The van der Waals surface area contributed by atoms with E-state index in [9.17, 15) is 14.7 Å². The third-order valence-corrected chi connectivity index (χ3v) is 14.5. The molecule has 0 aliphatic rings. The van der Waals surface area contributed by atoms with Crippen LogP contribution in [0.2, 0.25) is 0 Å². The second-order valence-electron chi connectivity index (χ2n) is 23.2. The Morgan fingerprint density at radius 3 is 0.638 bits per heavy atom. The predicted molar refractivity (Wildman–Crippen MR) is 416 cm³/mol. The largest absolute Gasteiger partial charge is 0.462 e. The van der Waals surface area contributed by atoms with Crippen molar-refractivity contribution in [2.45, 2.75) is 264 Å². The van der Waals surface area contributed by atoms with Crippen molar-refractivity contribution >= 4 is 11.9 Å². The molecule has 5 heteroatoms. The highest BCUT2D eigenvalue weighted by molar-refractivity contribution is 5.70. The second kappa shape index (κ2) is 80.4. The number of unbranched alkanes of at least 4 members (excludes halogenated alkanes) is 12. The summed E-state index contributed by atoms with van der Waals surface area (Å²) in [6.45, 7) is 3.87. The Kier molecular flexibility index (Phi) is 74.6. The number of allylic oxidation sites excluding steroid dienone is 44. The standard InChI is InChI=1S/C89H132O5/c1-3-5-7-9-11-13-15-17-19-21-23-25-27-29-31-33-35-37-39-41-43-44-46-48-50-52-54-56-58-60-62-64-66-68-70-72-74-76-78-80-82-84-89(92)94-87(85-90)86-93-88(91)83-81-79-77-75-73-71-69-67-65-63-61-59-57-55-53-51-49-47-45-42-40-38-36-34-32-30-28-26-24-22-20-18-16-14-12-10-8-6-4-2/h5-8,11-14,17-20,23-26,29-32,35-38,41-43,45-46,48-49,51-52,54-55,57-58,60-61,63-64,66-67,69,87,90H,3-4,9-10,15-16,21-22,27-28,33-34,39-40,44,47,50,53,56,59,62,65,68,70-86H2,1-2H3/b7-5-,8-6-,13-11-,14-12-,19-17-,20-18-,25-23-,26-24-,31-29-,32-30-,37-35-,38-36-,43-41-,45-42-,48-46-,51-49-,54-52-,57-55-,60-58-,63-61-,66-64-,69-67-. The van der Waals surface area contributed by atoms with Gasteiger partial charge in [0.15, 0.2) is 6.10 Å². The summed E-state index contributed by atoms with van der Waals surface area (Å²) in [5.41, 5.74) is 0. The summed E-state index contributed by atoms with van der Waals surface area (Å²) in [4.78, 5) is 24.7. The fraction of sp³-hybridized carbons (Fsp3) is 0.483. The van der Waals surface area contributed by atoms with Crippen LogP contribution in [-0.4, -0.2) is 36.4 Å². The van der Waals surface area contributed by atoms with Crippen LogP contribution in [0.15, 0.2) is 267 Å². The number of hydrogen-bond acceptors (Lipinski definition) is 5. The molecule has 0 rings (SSSR count). The van der Waals surface area contributed by atoms with Crippen LogP contribution in [0.5, 0.6) is 0 Å². The minimum absolute atomic E-state index is 0.0987. The van der Waals surface area contributed by atoms with E-state index in [0.717, 1.165) is 205 Å². The molecule has 0 amide bonds. The van der Waals surface area contributed by atoms with Crippen LogP contribution in [0.1, 0.15) is 258 Å². The summed E-state index contributed by atoms with van der Waals surface area (Å²) in [6.07, 6.45) is 135. The number of aliphatic hydroxyl groups excluding tert-OH is 1. The van der Waals surface area contributed by atoms with Gasteiger partial charge in [-0.15, -0.1) is 0 Å². The molecule has 0 aliphatic heterocycles. The Bertz CT molecular complexity index is 2400. The number of ether oxygens (including phenoxy) is 2. The molecule has 1 unspecified atom stereocenters. The van der Waals surface area contributed by atoms with Gasteiger partial charge in [0.1, 0.15) is 6.61 Å². The highest BCUT2D eigenvalue weighted by Gasteiger charge is 2.16. The summed E-state index contributed by atoms with van der Waals surface area (Å²) in [5.74, 6) is -0.646. The van der Waals surface area contributed by atoms with E-state index in [0.29, 0.717) is 12.8 Å². The maximum Gasteiger partial charge on any atom is 0.306 e. The first kappa shape index (κ1) is 87.2. The highest BCUT2D eigenvalue weighted by atomic mass is 16.6. The van der Waals surface area contributed by atoms with E-state index in [1.54, 1.807) is 0 Å². The van der Waals surface area contributed by atoms with Gasteiger partial charge in [-0.05, 0) is 180 Å². The fourth-order valence-electron chi connectivity index (χ4n) is 9.09. The lowest BCUT2D eigenvalue weighted by atomic mass is 10.1. The fourth-order valence-corrected chi connectivity index (χ4v) is 9.09. The number of hydrogen-bond donors (Lipinski definition) is 1. The van der Waals surface area contributed by atoms with Crippen molar-refractivity contribution in [1.82, 2.24) is 0 Å². The molecule has 0 radical (unpaired) electrons. The van der Waals surface area contributed by atoms with Crippen LogP contribution in [-0.2, 0) is 19.1 Å². The molecule has 0 saturated carbocycles. The summed E-state index contributed by atoms with van der Waals surface area (Å²) < 4.78 is 10.7. The van der Waals surface area contributed by atoms with Crippen molar-refractivity contribution < 1.29 is 24.2 Å². The van der Waals surface area contributed by atoms with Gasteiger partial charge in [0.25, 0.3) is 0 Å². The van der Waals surface area contributed by atoms with Crippen molar-refractivity contribution in [1.29, 1.82) is 0 Å². The van der Waals surface area contributed by atoms with Crippen LogP contribution in [0.3, 0.4) is 0 Å². The maximum atomic E-state index is 12.4. The van der Waals surface area contributed by atoms with Crippen molar-refractivity contribution in [3.8, 4) is 0 Å². The monoisotopic (exact) mass is 1280 g/mol. The molecule has 0 aliphatic carbocycles. The molecule has 1 N–H and O–H groups in total. The summed E-state index contributed by atoms with van der Waals surface area (Å²) in [5, 5.41) is 9.71. The Morgan fingerprint density at radius 2 is 0.426 bits per heavy atom. The molecule has 0 heterocycles. The molecular formula is C89H132O5. The number of carbonyl (C=O) groups is 2. The van der Waals surface area contributed by atoms with E-state index < -0.39 is 6.10 Å². The van der Waals surface area contributed by atoms with Crippen LogP contribution in [0.4, 0.5) is 0 Å². The van der Waals surface area contributed by atoms with E-state index in [4.69, 9.17) is 9.47 Å². The van der Waals surface area contributed by atoms with Gasteiger partial charge in [-0.25, -0.2) is 0 Å². The van der Waals surface area contributed by atoms with Gasteiger partial charge in [-0.3, -0.25) is 9.59 Å². The van der Waals surface area contributed by atoms with Crippen molar-refractivity contribution in [2.75, 3.05) is 13.2 Å². The van der Waals surface area contributed by atoms with Gasteiger partial charge in [0, 0.05) is 12.8 Å². The molecule has 0 aromatic carbocycles. The normalized spacial score (nSPS) is 13.9. The van der Waals surface area contributed by atoms with E-state index >= 15 is 0 Å². The molecule has 5 nitrogen and oxygen atoms in total. The van der Waals surface area contributed by atoms with Crippen molar-refractivity contribution in [2.24, 2.45) is 0 Å². The highest BCUT2D eigenvalue weighted by Crippen LogP contribution is 2.13. The molecular weight excluding hydrogens is 1150 g/mol. The first-order valence-electron chi connectivity index (χ1n) is 36.9. The first-order chi connectivity index (χ1) is 46.6. The smallest absolute Gasteiger partial charge is 0.306 e. The third kappa shape index (κ3) is 77.6. The van der Waals surface area contributed by atoms with E-state index in [2.05, 4.69) is 281 Å². The van der Waals surface area contributed by atoms with E-state index in [-0.39, 0.29) is 25.2 Å². The quantitative estimate of drug-likeness (QED) is 0.0373. The Labute approximate surface area is 577 Å². The summed E-state index contributed by atoms with van der Waals surface area (Å²) in [6, 6.07) is 0. The second-order valence-corrected chi connectivity index (χ2v) is 23.2. The molecule has 0 bridgehead atoms. The van der Waals surface area contributed by atoms with Gasteiger partial charge >= 0.3 is 11.9 Å². The molecule has 0 fully saturated rings. The summed E-state index contributed by atoms with van der Waals surface area (Å²) in [7, 11) is 0. The van der Waals surface area contributed by atoms with Crippen molar-refractivity contribution in [3.63, 3.8) is 0 Å². The predicted octanol–water partition coefficient (Wildman–Crippen LogP) is 26.5. The first-order valence-corrected chi connectivity index (χ1v) is 36.9. The van der Waals surface area contributed by atoms with Gasteiger partial charge in [-0.1, -0.05) is 333 Å². The molecule has 0 aromatic rings. The minimum atomic E-state index is -0.810. The molecule has 0 saturated heterocycles. The van der Waals surface area contributed by atoms with Crippen LogP contribution >= 0.6 is 0 Å². The zero-order chi connectivity index (χ0) is 67.5. The topological polar surface area (TPSA) is 72.8 Å². The zero-order valence-electron chi connectivity index (χ0n) is 59.3. The number of carbonyl (C=O) groups excluding carboxylic acids is 2. The molecule has 0 spiro atoms. The lowest BCUT2D eigenvalue weighted by Crippen LogP contribution is -2.28. The SMILES string of the molecule is CC/C=C\C/C=C\C/C=C\C/C=C\C/C=C\C/C=C\C/C=C\C/C=C\C/C=C\C/C=C\C/C=C\CCCCCCCCCC(=O)OC(CO)COC(=O)CCCCCCC/C=C\C/C=C\C/C=C\C/C=C\C/C=C\C/C=C\C/C=C\C/C=C\C/C=C\C/C=C\C/C=C\CC. The minimum Gasteiger partial charge on any atom is -0.462 e. The molecule has 518 valence electrons. The summed E-state index contributed by atoms with van der Waals surface area (Å²) >= 11 is 0. The number of aliphatic hydroxyl groups is 1. The van der Waals surface area contributed by atoms with Gasteiger partial charge in [0.05, 0.1) is 6.61 Å². The average molecular weight is 1280 g/mol. The number of esters is 2. The third-order valence-electron chi connectivity index (χ3n) is 14.5. The average Bonchev–Trinajstić information content (AvgIpc) is 3.77. The molecule has 0 aromatic heterocycles. The van der Waals surface area contributed by atoms with Crippen LogP contribution in [0.25, 0.3) is 0 Å². The zero-order valence-corrected chi connectivity index (χ0v) is 59.3. The van der Waals surface area contributed by atoms with Gasteiger partial charge in [0.2, 0.25) is 0 Å². The van der Waals surface area contributed by atoms with E-state index in [1.165, 1.54) is 25.7 Å². The molecule has 94 heavy (non-hydrogen) atoms. The number of rotatable bonds is 64. The van der Waals surface area contributed by atoms with Crippen molar-refractivity contribution in [3.05, 3.63) is 267 Å². The van der Waals surface area contributed by atoms with Crippen LogP contribution < -0.4 is 0 Å². The maximum absolute atomic E-state index is 12.4. The lowest BCUT2D eigenvalue weighted by molar-refractivity contribution is -0.161. The Balaban J connectivity index is 3.69.